The SMILES string of the molecule is COC1(C)C[C@@H](C[C@H]2[C@H](C)[C@@H](C)[C@@H](C)C(=O)OC(C)C(C)(O)[C@H](O)[C@@H](C)N(CCNC(=S)Nc3cc(Cl)cc(Cl)c3)C[C@@H](C)CC2(O)C[C@@H]2O[C@H](C)C[C@H](N(C)C)[C@@H]2O)O[C@@H](C)[C@H]1O. The number of hydrogen-bond donors (Lipinski definition) is 7. The van der Waals surface area contributed by atoms with Gasteiger partial charge < -0.3 is 60.0 Å². The van der Waals surface area contributed by atoms with Crippen LogP contribution in [0.4, 0.5) is 5.69 Å². The van der Waals surface area contributed by atoms with E-state index in [0.717, 1.165) is 0 Å². The van der Waals surface area contributed by atoms with Crippen molar-refractivity contribution in [2.24, 2.45) is 29.6 Å². The summed E-state index contributed by atoms with van der Waals surface area (Å²) in [5.41, 5.74) is -3.64. The number of ether oxygens (including phenoxy) is 4. The molecule has 1 aromatic carbocycles. The summed E-state index contributed by atoms with van der Waals surface area (Å²) in [4.78, 5) is 18.1. The highest BCUT2D eigenvalue weighted by molar-refractivity contribution is 7.80. The summed E-state index contributed by atoms with van der Waals surface area (Å²) in [6.07, 6.45) is -4.42. The van der Waals surface area contributed by atoms with Crippen molar-refractivity contribution in [3.63, 3.8) is 0 Å². The van der Waals surface area contributed by atoms with Gasteiger partial charge in [-0.15, -0.1) is 0 Å². The molecule has 7 N–H and O–H groups in total. The predicted molar refractivity (Wildman–Crippen MR) is 256 cm³/mol. The summed E-state index contributed by atoms with van der Waals surface area (Å²) in [5, 5.41) is 68.3. The van der Waals surface area contributed by atoms with Crippen LogP contribution in [0.5, 0.6) is 0 Å². The second-order valence-corrected chi connectivity index (χ2v) is 21.6. The highest BCUT2D eigenvalue weighted by atomic mass is 35.5. The van der Waals surface area contributed by atoms with E-state index in [1.807, 2.05) is 65.4 Å². The standard InChI is InChI=1S/C47H80Cl2N4O10S/c1-25-21-47(59,23-39-40(54)38(52(11)12)16-26(2)61-39)37(20-36-22-45(9,60-13)42(56)31(7)62-36)28(4)27(3)29(5)43(57)63-32(8)46(10,58)41(55)30(6)53(24-25)15-14-50-44(64)51-35-18-33(48)17-34(49)19-35/h17-19,25-32,36-42,54-56,58-59H,14-16,20-24H2,1-13H3,(H2,50,51,64)/t25-,26+,27+,28+,29+,30+,31-,32?,36+,37-,38-,39-,40-,41+,42+,45?,46?,47?/m0/s1. The number of likely N-dealkylation sites (N-methyl/N-ethyl adjacent to an activating group) is 1. The summed E-state index contributed by atoms with van der Waals surface area (Å²) < 4.78 is 25.0. The molecule has 3 aliphatic rings. The van der Waals surface area contributed by atoms with Gasteiger partial charge in [0.25, 0.3) is 0 Å². The van der Waals surface area contributed by atoms with Crippen LogP contribution in [0, 0.1) is 29.6 Å². The van der Waals surface area contributed by atoms with Gasteiger partial charge in [-0.3, -0.25) is 9.69 Å². The molecule has 0 aliphatic carbocycles. The molecule has 18 atom stereocenters. The molecule has 3 heterocycles. The van der Waals surface area contributed by atoms with Gasteiger partial charge in [0.1, 0.15) is 23.9 Å². The van der Waals surface area contributed by atoms with Gasteiger partial charge in [-0.2, -0.15) is 0 Å². The quantitative estimate of drug-likeness (QED) is 0.115. The van der Waals surface area contributed by atoms with Gasteiger partial charge in [0.05, 0.1) is 47.6 Å². The Bertz CT molecular complexity index is 1680. The second-order valence-electron chi connectivity index (χ2n) is 20.4. The lowest BCUT2D eigenvalue weighted by Crippen LogP contribution is -2.60. The number of esters is 1. The van der Waals surface area contributed by atoms with Gasteiger partial charge in [-0.1, -0.05) is 50.9 Å². The first-order valence-electron chi connectivity index (χ1n) is 23.1. The Morgan fingerprint density at radius 2 is 1.58 bits per heavy atom. The van der Waals surface area contributed by atoms with Crippen molar-refractivity contribution >= 4 is 52.2 Å². The molecule has 0 bridgehead atoms. The van der Waals surface area contributed by atoms with Gasteiger partial charge in [0, 0.05) is 67.4 Å². The van der Waals surface area contributed by atoms with E-state index in [2.05, 4.69) is 17.6 Å². The van der Waals surface area contributed by atoms with Crippen LogP contribution in [0.3, 0.4) is 0 Å². The van der Waals surface area contributed by atoms with Crippen molar-refractivity contribution in [2.75, 3.05) is 46.2 Å². The van der Waals surface area contributed by atoms with Gasteiger partial charge in [0.15, 0.2) is 5.11 Å². The zero-order valence-electron chi connectivity index (χ0n) is 40.4. The number of nitrogens with one attached hydrogen (secondary N) is 2. The number of carbonyl (C=O) groups excluding carboxylic acids is 1. The molecule has 17 heteroatoms. The molecule has 0 radical (unpaired) electrons. The number of nitrogens with zero attached hydrogens (tertiary/aromatic N) is 2. The van der Waals surface area contributed by atoms with Gasteiger partial charge >= 0.3 is 5.97 Å². The lowest BCUT2D eigenvalue weighted by molar-refractivity contribution is -0.226. The molecule has 4 rings (SSSR count). The molecule has 0 aromatic heterocycles. The smallest absolute Gasteiger partial charge is 0.309 e. The third-order valence-electron chi connectivity index (χ3n) is 15.2. The first-order valence-corrected chi connectivity index (χ1v) is 24.3. The molecule has 3 fully saturated rings. The maximum Gasteiger partial charge on any atom is 0.309 e. The fraction of sp³-hybridized carbons (Fsp3) is 0.830. The fourth-order valence-corrected chi connectivity index (χ4v) is 11.4. The first kappa shape index (κ1) is 55.2. The Kier molecular flexibility index (Phi) is 19.6. The number of methoxy groups -OCH3 is 1. The lowest BCUT2D eigenvalue weighted by Gasteiger charge is -2.51. The average Bonchev–Trinajstić information content (AvgIpc) is 3.20. The number of halogens is 2. The number of carbonyl (C=O) groups is 1. The van der Waals surface area contributed by atoms with Crippen LogP contribution in [-0.4, -0.2) is 165 Å². The van der Waals surface area contributed by atoms with Crippen molar-refractivity contribution < 1.29 is 49.3 Å². The second kappa shape index (κ2) is 22.8. The Morgan fingerprint density at radius 1 is 0.953 bits per heavy atom. The van der Waals surface area contributed by atoms with E-state index in [0.29, 0.717) is 59.7 Å². The average molecular weight is 964 g/mol. The Hall–Kier alpha value is -1.44. The molecule has 4 unspecified atom stereocenters. The van der Waals surface area contributed by atoms with E-state index in [1.54, 1.807) is 39.2 Å². The minimum absolute atomic E-state index is 0.0964. The van der Waals surface area contributed by atoms with Gasteiger partial charge in [-0.25, -0.2) is 0 Å². The molecule has 0 amide bonds. The Labute approximate surface area is 398 Å². The number of aliphatic hydroxyl groups excluding tert-OH is 3. The van der Waals surface area contributed by atoms with E-state index in [4.69, 9.17) is 54.4 Å². The van der Waals surface area contributed by atoms with Crippen molar-refractivity contribution in [1.29, 1.82) is 0 Å². The fourth-order valence-electron chi connectivity index (χ4n) is 10.6. The van der Waals surface area contributed by atoms with Crippen LogP contribution < -0.4 is 10.6 Å². The largest absolute Gasteiger partial charge is 0.459 e. The lowest BCUT2D eigenvalue weighted by atomic mass is 9.63. The zero-order chi connectivity index (χ0) is 48.2. The van der Waals surface area contributed by atoms with Crippen molar-refractivity contribution in [3.05, 3.63) is 28.2 Å². The molecule has 368 valence electrons. The summed E-state index contributed by atoms with van der Waals surface area (Å²) in [6.45, 7) is 19.5. The number of thiocarbonyl (C=S) groups is 1. The van der Waals surface area contributed by atoms with Gasteiger partial charge in [0.2, 0.25) is 0 Å². The van der Waals surface area contributed by atoms with Crippen LogP contribution in [0.2, 0.25) is 10.0 Å². The zero-order valence-corrected chi connectivity index (χ0v) is 42.7. The van der Waals surface area contributed by atoms with E-state index in [9.17, 15) is 30.3 Å². The molecule has 3 saturated heterocycles. The molecule has 64 heavy (non-hydrogen) atoms. The summed E-state index contributed by atoms with van der Waals surface area (Å²) in [7, 11) is 5.46. The van der Waals surface area contributed by atoms with Crippen LogP contribution >= 0.6 is 35.4 Å². The topological polar surface area (TPSA) is 186 Å². The molecule has 3 aliphatic heterocycles. The van der Waals surface area contributed by atoms with Crippen LogP contribution in [0.15, 0.2) is 18.2 Å². The van der Waals surface area contributed by atoms with Crippen molar-refractivity contribution in [2.45, 2.75) is 179 Å². The Balaban J connectivity index is 1.80. The summed E-state index contributed by atoms with van der Waals surface area (Å²) in [6, 6.07) is 4.16. The maximum absolute atomic E-state index is 14.1. The van der Waals surface area contributed by atoms with E-state index < -0.39 is 83.4 Å². The molecule has 0 saturated carbocycles. The predicted octanol–water partition coefficient (Wildman–Crippen LogP) is 5.50. The molecular formula is C47H80Cl2N4O10S. The third kappa shape index (κ3) is 13.4. The Morgan fingerprint density at radius 3 is 2.17 bits per heavy atom. The minimum Gasteiger partial charge on any atom is -0.459 e. The van der Waals surface area contributed by atoms with Crippen LogP contribution in [-0.2, 0) is 23.7 Å². The van der Waals surface area contributed by atoms with E-state index in [-0.39, 0.29) is 42.7 Å². The normalized spacial score (nSPS) is 42.3. The first-order chi connectivity index (χ1) is 29.6. The van der Waals surface area contributed by atoms with Crippen LogP contribution in [0.1, 0.15) is 101 Å². The molecular weight excluding hydrogens is 884 g/mol. The van der Waals surface area contributed by atoms with E-state index in [1.165, 1.54) is 6.92 Å². The number of rotatable bonds is 10. The maximum atomic E-state index is 14.1. The van der Waals surface area contributed by atoms with Crippen molar-refractivity contribution in [3.8, 4) is 0 Å². The number of hydrogen-bond acceptors (Lipinski definition) is 13. The summed E-state index contributed by atoms with van der Waals surface area (Å²) >= 11 is 18.1. The molecule has 0 spiro atoms. The third-order valence-corrected chi connectivity index (χ3v) is 15.9. The number of benzene rings is 1. The highest BCUT2D eigenvalue weighted by Crippen LogP contribution is 2.47. The summed E-state index contributed by atoms with van der Waals surface area (Å²) in [5.74, 6) is -2.63. The number of anilines is 1. The highest BCUT2D eigenvalue weighted by Gasteiger charge is 2.53. The minimum atomic E-state index is -1.84. The van der Waals surface area contributed by atoms with Crippen molar-refractivity contribution in [1.82, 2.24) is 15.1 Å². The van der Waals surface area contributed by atoms with Crippen LogP contribution in [0.25, 0.3) is 0 Å². The number of cyclic esters (lactones) is 1. The molecule has 14 nitrogen and oxygen atoms in total. The molecule has 1 aromatic rings. The van der Waals surface area contributed by atoms with Gasteiger partial charge in [-0.05, 0) is 129 Å². The van der Waals surface area contributed by atoms with E-state index >= 15 is 0 Å². The number of aliphatic hydroxyl groups is 5. The monoisotopic (exact) mass is 962 g/mol.